The second-order valence-corrected chi connectivity index (χ2v) is 14.0. The van der Waals surface area contributed by atoms with E-state index < -0.39 is 65.6 Å². The lowest BCUT2D eigenvalue weighted by Crippen LogP contribution is -2.46. The molecule has 1 saturated carbocycles. The van der Waals surface area contributed by atoms with Crippen molar-refractivity contribution in [3.05, 3.63) is 70.5 Å². The second-order valence-electron chi connectivity index (χ2n) is 13.5. The van der Waals surface area contributed by atoms with Crippen LogP contribution in [-0.2, 0) is 33.4 Å². The molecule has 9 atom stereocenters. The first kappa shape index (κ1) is 34.8. The zero-order chi connectivity index (χ0) is 34.0. The molecule has 0 unspecified atom stereocenters. The number of likely N-dealkylation sites (tertiary alicyclic amines) is 1. The molecule has 0 radical (unpaired) electrons. The van der Waals surface area contributed by atoms with Gasteiger partial charge in [-0.25, -0.2) is 9.18 Å². The van der Waals surface area contributed by atoms with E-state index in [2.05, 4.69) is 26.1 Å². The number of rotatable bonds is 8. The molecule has 0 spiro atoms. The number of amides is 1. The number of hydrogen-bond acceptors (Lipinski definition) is 8. The fourth-order valence-electron chi connectivity index (χ4n) is 7.86. The van der Waals surface area contributed by atoms with Gasteiger partial charge < -0.3 is 19.1 Å². The summed E-state index contributed by atoms with van der Waals surface area (Å²) in [4.78, 5) is 56.5. The Kier molecular flexibility index (Phi) is 10.9. The number of halogens is 2. The van der Waals surface area contributed by atoms with Crippen LogP contribution in [-0.4, -0.2) is 61.1 Å². The monoisotopic (exact) mass is 670 g/mol. The van der Waals surface area contributed by atoms with Crippen molar-refractivity contribution < 1.29 is 37.8 Å². The van der Waals surface area contributed by atoms with E-state index in [9.17, 15) is 23.6 Å². The van der Waals surface area contributed by atoms with Gasteiger partial charge in [0.05, 0.1) is 32.1 Å². The highest BCUT2D eigenvalue weighted by Gasteiger charge is 2.55. The molecule has 254 valence electrons. The number of nitrogens with one attached hydrogen (secondary N) is 1. The Labute approximate surface area is 280 Å². The lowest BCUT2D eigenvalue weighted by molar-refractivity contribution is -0.162. The predicted octanol–water partition coefficient (Wildman–Crippen LogP) is 5.81. The van der Waals surface area contributed by atoms with Crippen molar-refractivity contribution in [2.45, 2.75) is 83.1 Å². The van der Waals surface area contributed by atoms with Gasteiger partial charge in [-0.15, -0.1) is 0 Å². The molecule has 3 fully saturated rings. The summed E-state index contributed by atoms with van der Waals surface area (Å²) in [5.41, 5.74) is 1.03. The Hall–Kier alpha value is -3.50. The molecule has 2 saturated heterocycles. The van der Waals surface area contributed by atoms with E-state index >= 15 is 0 Å². The first-order chi connectivity index (χ1) is 22.4. The van der Waals surface area contributed by atoms with E-state index in [1.54, 1.807) is 30.3 Å². The quantitative estimate of drug-likeness (QED) is 0.277. The van der Waals surface area contributed by atoms with E-state index in [1.807, 2.05) is 0 Å². The van der Waals surface area contributed by atoms with Crippen molar-refractivity contribution in [2.75, 3.05) is 14.2 Å². The number of methoxy groups -OCH3 is 2. The van der Waals surface area contributed by atoms with Crippen molar-refractivity contribution in [2.24, 2.45) is 29.6 Å². The third-order valence-electron chi connectivity index (χ3n) is 10.2. The fourth-order valence-corrected chi connectivity index (χ4v) is 8.06. The normalized spacial score (nSPS) is 30.6. The van der Waals surface area contributed by atoms with Crippen LogP contribution >= 0.6 is 11.6 Å². The SMILES string of the molecule is COC(=O)[C@H]1C[C@@H](C(=O)N2[C@H](C(=O)OC)C[C@H](C(=O)O[C@@H]3C[C@H](C)CC[C@H]3C(C)C)[C@@H]2c2cccc(F)c2)[C@@H](c2cccc(Cl)c2)N1. The molecule has 9 nitrogen and oxygen atoms in total. The number of hydrogen-bond donors (Lipinski definition) is 1. The minimum absolute atomic E-state index is 0.0601. The van der Waals surface area contributed by atoms with Gasteiger partial charge in [-0.05, 0) is 78.8 Å². The highest BCUT2D eigenvalue weighted by atomic mass is 35.5. The Morgan fingerprint density at radius 1 is 0.894 bits per heavy atom. The van der Waals surface area contributed by atoms with Crippen molar-refractivity contribution in [1.29, 1.82) is 0 Å². The third-order valence-corrected chi connectivity index (χ3v) is 10.5. The summed E-state index contributed by atoms with van der Waals surface area (Å²) in [6.45, 7) is 6.38. The van der Waals surface area contributed by atoms with Crippen LogP contribution in [0.15, 0.2) is 48.5 Å². The van der Waals surface area contributed by atoms with Gasteiger partial charge in [0.15, 0.2) is 0 Å². The van der Waals surface area contributed by atoms with Crippen molar-refractivity contribution in [3.63, 3.8) is 0 Å². The largest absolute Gasteiger partial charge is 0.468 e. The first-order valence-corrected chi connectivity index (χ1v) is 16.8. The molecule has 3 aliphatic rings. The van der Waals surface area contributed by atoms with Crippen molar-refractivity contribution in [1.82, 2.24) is 10.2 Å². The number of esters is 3. The second kappa shape index (κ2) is 14.7. The summed E-state index contributed by atoms with van der Waals surface area (Å²) in [5.74, 6) is -3.77. The Bertz CT molecular complexity index is 1490. The van der Waals surface area contributed by atoms with Gasteiger partial charge in [0, 0.05) is 11.1 Å². The molecule has 2 heterocycles. The van der Waals surface area contributed by atoms with Crippen molar-refractivity contribution >= 4 is 35.4 Å². The maximum absolute atomic E-state index is 14.9. The number of carbonyl (C=O) groups is 4. The average Bonchev–Trinajstić information content (AvgIpc) is 3.67. The standard InChI is InChI=1S/C36H44ClFN2O7/c1-19(2)25-13-12-20(3)14-30(25)47-34(42)27-18-29(36(44)46-5)40(32(27)22-9-7-11-24(38)16-22)33(41)26-17-28(35(43)45-4)39-31(26)21-8-6-10-23(37)15-21/h6-11,15-16,19-20,25-32,39H,12-14,17-18H2,1-5H3/t20-,25+,26-,27+,28-,29+,30-,31-,32+/m1/s1. The summed E-state index contributed by atoms with van der Waals surface area (Å²) in [7, 11) is 2.50. The molecule has 11 heteroatoms. The maximum atomic E-state index is 14.9. The summed E-state index contributed by atoms with van der Waals surface area (Å²) in [6.07, 6.45) is 2.40. The van der Waals surface area contributed by atoms with E-state index in [1.165, 1.54) is 37.3 Å². The third kappa shape index (κ3) is 7.33. The van der Waals surface area contributed by atoms with Crippen molar-refractivity contribution in [3.8, 4) is 0 Å². The van der Waals surface area contributed by atoms with Crippen LogP contribution in [0.25, 0.3) is 0 Å². The zero-order valence-corrected chi connectivity index (χ0v) is 28.2. The number of nitrogens with zero attached hydrogens (tertiary/aromatic N) is 1. The van der Waals surface area contributed by atoms with Gasteiger partial charge >= 0.3 is 17.9 Å². The zero-order valence-electron chi connectivity index (χ0n) is 27.5. The Morgan fingerprint density at radius 3 is 2.26 bits per heavy atom. The minimum Gasteiger partial charge on any atom is -0.468 e. The van der Waals surface area contributed by atoms with E-state index in [4.69, 9.17) is 25.8 Å². The van der Waals surface area contributed by atoms with Gasteiger partial charge in [0.1, 0.15) is 24.0 Å². The number of benzene rings is 2. The van der Waals surface area contributed by atoms with Gasteiger partial charge in [-0.2, -0.15) is 0 Å². The molecule has 0 bridgehead atoms. The summed E-state index contributed by atoms with van der Waals surface area (Å²) in [5, 5.41) is 3.67. The molecule has 1 aliphatic carbocycles. The lowest BCUT2D eigenvalue weighted by atomic mass is 9.75. The molecular formula is C36H44ClFN2O7. The lowest BCUT2D eigenvalue weighted by Gasteiger charge is -2.38. The average molecular weight is 671 g/mol. The van der Waals surface area contributed by atoms with Gasteiger partial charge in [0.2, 0.25) is 5.91 Å². The van der Waals surface area contributed by atoms with Crippen LogP contribution in [0, 0.1) is 35.4 Å². The van der Waals surface area contributed by atoms with Gasteiger partial charge in [0.25, 0.3) is 0 Å². The highest BCUT2D eigenvalue weighted by Crippen LogP contribution is 2.47. The molecule has 2 aromatic carbocycles. The molecule has 1 N–H and O–H groups in total. The Balaban J connectivity index is 1.56. The summed E-state index contributed by atoms with van der Waals surface area (Å²) < 4.78 is 31.2. The first-order valence-electron chi connectivity index (χ1n) is 16.4. The Morgan fingerprint density at radius 2 is 1.60 bits per heavy atom. The smallest absolute Gasteiger partial charge is 0.328 e. The van der Waals surface area contributed by atoms with Crippen LogP contribution in [0.5, 0.6) is 0 Å². The molecule has 2 aromatic rings. The van der Waals surface area contributed by atoms with Crippen LogP contribution in [0.2, 0.25) is 5.02 Å². The van der Waals surface area contributed by atoms with Crippen LogP contribution < -0.4 is 5.32 Å². The topological polar surface area (TPSA) is 111 Å². The maximum Gasteiger partial charge on any atom is 0.328 e. The van der Waals surface area contributed by atoms with E-state index in [-0.39, 0.29) is 24.9 Å². The van der Waals surface area contributed by atoms with Crippen LogP contribution in [0.4, 0.5) is 4.39 Å². The van der Waals surface area contributed by atoms with E-state index in [0.29, 0.717) is 28.0 Å². The summed E-state index contributed by atoms with van der Waals surface area (Å²) in [6, 6.07) is 9.02. The molecule has 5 rings (SSSR count). The predicted molar refractivity (Wildman–Crippen MR) is 172 cm³/mol. The molecule has 2 aliphatic heterocycles. The molecule has 47 heavy (non-hydrogen) atoms. The fraction of sp³-hybridized carbons (Fsp3) is 0.556. The molecule has 1 amide bonds. The van der Waals surface area contributed by atoms with Gasteiger partial charge in [-0.3, -0.25) is 19.7 Å². The van der Waals surface area contributed by atoms with Crippen LogP contribution in [0.1, 0.15) is 76.1 Å². The highest BCUT2D eigenvalue weighted by molar-refractivity contribution is 6.30. The van der Waals surface area contributed by atoms with Gasteiger partial charge in [-0.1, -0.05) is 63.1 Å². The number of carbonyl (C=O) groups excluding carboxylic acids is 4. The molecule has 0 aromatic heterocycles. The van der Waals surface area contributed by atoms with Crippen LogP contribution in [0.3, 0.4) is 0 Å². The minimum atomic E-state index is -1.15. The summed E-state index contributed by atoms with van der Waals surface area (Å²) >= 11 is 6.32. The number of ether oxygens (including phenoxy) is 3. The van der Waals surface area contributed by atoms with E-state index in [0.717, 1.165) is 19.3 Å². The molecular weight excluding hydrogens is 627 g/mol.